The van der Waals surface area contributed by atoms with Gasteiger partial charge in [0.25, 0.3) is 0 Å². The minimum atomic E-state index is -0.969. The third-order valence-corrected chi connectivity index (χ3v) is 4.15. The zero-order chi connectivity index (χ0) is 15.0. The smallest absolute Gasteiger partial charge is 0.200 e. The fourth-order valence-electron chi connectivity index (χ4n) is 2.47. The van der Waals surface area contributed by atoms with Crippen LogP contribution >= 0.6 is 15.9 Å². The highest BCUT2D eigenvalue weighted by atomic mass is 79.9. The van der Waals surface area contributed by atoms with E-state index in [4.69, 9.17) is 4.74 Å². The van der Waals surface area contributed by atoms with Crippen LogP contribution in [0.2, 0.25) is 0 Å². The summed E-state index contributed by atoms with van der Waals surface area (Å²) in [5, 5.41) is 0. The van der Waals surface area contributed by atoms with Gasteiger partial charge < -0.3 is 4.74 Å². The quantitative estimate of drug-likeness (QED) is 0.687. The van der Waals surface area contributed by atoms with Crippen LogP contribution in [0.15, 0.2) is 40.9 Å². The van der Waals surface area contributed by atoms with Crippen molar-refractivity contribution in [2.75, 3.05) is 0 Å². The molecule has 0 atom stereocenters. The summed E-state index contributed by atoms with van der Waals surface area (Å²) in [6, 6.07) is 8.82. The summed E-state index contributed by atoms with van der Waals surface area (Å²) >= 11 is 3.11. The van der Waals surface area contributed by atoms with E-state index in [0.29, 0.717) is 17.3 Å². The van der Waals surface area contributed by atoms with Crippen LogP contribution in [0, 0.1) is 17.5 Å². The second-order valence-corrected chi connectivity index (χ2v) is 6.08. The average molecular weight is 357 g/mol. The van der Waals surface area contributed by atoms with Crippen LogP contribution in [-0.2, 0) is 0 Å². The van der Waals surface area contributed by atoms with Gasteiger partial charge in [-0.15, -0.1) is 0 Å². The molecule has 0 amide bonds. The Bertz CT molecular complexity index is 651. The highest BCUT2D eigenvalue weighted by molar-refractivity contribution is 9.10. The highest BCUT2D eigenvalue weighted by Crippen LogP contribution is 2.40. The Kier molecular flexibility index (Phi) is 3.93. The van der Waals surface area contributed by atoms with Crippen molar-refractivity contribution in [3.63, 3.8) is 0 Å². The number of halogens is 4. The Balaban J connectivity index is 1.64. The maximum atomic E-state index is 13.6. The van der Waals surface area contributed by atoms with E-state index < -0.39 is 11.6 Å². The van der Waals surface area contributed by atoms with Gasteiger partial charge in [-0.25, -0.2) is 8.78 Å². The maximum Gasteiger partial charge on any atom is 0.200 e. The standard InChI is InChI=1S/C16H12BrF3O/c17-11-7-14(19)16(20)15(8-11)21-13-5-10(6-13)9-1-3-12(18)4-2-9/h1-4,7-8,10,13H,5-6H2. The summed E-state index contributed by atoms with van der Waals surface area (Å²) in [6.07, 6.45) is 1.27. The predicted molar refractivity (Wildman–Crippen MR) is 76.8 cm³/mol. The second-order valence-electron chi connectivity index (χ2n) is 5.16. The van der Waals surface area contributed by atoms with Gasteiger partial charge >= 0.3 is 0 Å². The molecule has 0 aliphatic heterocycles. The number of rotatable bonds is 3. The second kappa shape index (κ2) is 5.72. The third-order valence-electron chi connectivity index (χ3n) is 3.69. The number of hydrogen-bond donors (Lipinski definition) is 0. The minimum Gasteiger partial charge on any atom is -0.487 e. The van der Waals surface area contributed by atoms with Crippen LogP contribution in [-0.4, -0.2) is 6.10 Å². The molecule has 1 saturated carbocycles. The summed E-state index contributed by atoms with van der Waals surface area (Å²) in [7, 11) is 0. The molecule has 0 saturated heterocycles. The molecule has 0 unspecified atom stereocenters. The van der Waals surface area contributed by atoms with Crippen molar-refractivity contribution in [2.45, 2.75) is 24.9 Å². The molecule has 1 aliphatic carbocycles. The van der Waals surface area contributed by atoms with E-state index in [0.717, 1.165) is 11.6 Å². The molecule has 0 N–H and O–H groups in total. The zero-order valence-corrected chi connectivity index (χ0v) is 12.5. The van der Waals surface area contributed by atoms with E-state index in [1.165, 1.54) is 18.2 Å². The normalized spacial score (nSPS) is 21.0. The molecule has 0 spiro atoms. The van der Waals surface area contributed by atoms with Crippen molar-refractivity contribution in [3.05, 3.63) is 63.9 Å². The fraction of sp³-hybridized carbons (Fsp3) is 0.250. The fourth-order valence-corrected chi connectivity index (χ4v) is 2.88. The lowest BCUT2D eigenvalue weighted by atomic mass is 9.77. The molecule has 3 rings (SSSR count). The SMILES string of the molecule is Fc1ccc(C2CC(Oc3cc(Br)cc(F)c3F)C2)cc1. The van der Waals surface area contributed by atoms with E-state index in [-0.39, 0.29) is 23.6 Å². The first-order valence-electron chi connectivity index (χ1n) is 6.59. The first kappa shape index (κ1) is 14.4. The van der Waals surface area contributed by atoms with Gasteiger partial charge in [0.1, 0.15) is 11.9 Å². The van der Waals surface area contributed by atoms with E-state index >= 15 is 0 Å². The van der Waals surface area contributed by atoms with Crippen molar-refractivity contribution in [3.8, 4) is 5.75 Å². The van der Waals surface area contributed by atoms with Crippen LogP contribution in [0.5, 0.6) is 5.75 Å². The molecule has 2 aromatic carbocycles. The van der Waals surface area contributed by atoms with Crippen LogP contribution in [0.1, 0.15) is 24.3 Å². The molecule has 0 aromatic heterocycles. The summed E-state index contributed by atoms with van der Waals surface area (Å²) in [6.45, 7) is 0. The number of ether oxygens (including phenoxy) is 1. The van der Waals surface area contributed by atoms with Crippen LogP contribution < -0.4 is 4.74 Å². The number of hydrogen-bond acceptors (Lipinski definition) is 1. The molecule has 1 nitrogen and oxygen atoms in total. The van der Waals surface area contributed by atoms with E-state index in [1.54, 1.807) is 12.1 Å². The van der Waals surface area contributed by atoms with Crippen molar-refractivity contribution in [1.82, 2.24) is 0 Å². The van der Waals surface area contributed by atoms with Gasteiger partial charge in [-0.1, -0.05) is 28.1 Å². The predicted octanol–water partition coefficient (Wildman–Crippen LogP) is 5.19. The van der Waals surface area contributed by atoms with E-state index in [9.17, 15) is 13.2 Å². The Morgan fingerprint density at radius 3 is 2.33 bits per heavy atom. The van der Waals surface area contributed by atoms with Crippen LogP contribution in [0.4, 0.5) is 13.2 Å². The summed E-state index contributed by atoms with van der Waals surface area (Å²) < 4.78 is 45.7. The molecule has 110 valence electrons. The average Bonchev–Trinajstić information content (AvgIpc) is 2.40. The first-order valence-corrected chi connectivity index (χ1v) is 7.39. The highest BCUT2D eigenvalue weighted by Gasteiger charge is 2.32. The molecule has 1 fully saturated rings. The third kappa shape index (κ3) is 3.07. The Hall–Kier alpha value is -1.49. The molecule has 0 radical (unpaired) electrons. The van der Waals surface area contributed by atoms with E-state index in [1.807, 2.05) is 0 Å². The topological polar surface area (TPSA) is 9.23 Å². The van der Waals surface area contributed by atoms with Gasteiger partial charge in [-0.2, -0.15) is 4.39 Å². The Morgan fingerprint density at radius 1 is 1.00 bits per heavy atom. The number of benzene rings is 2. The Labute approximate surface area is 128 Å². The lowest BCUT2D eigenvalue weighted by Gasteiger charge is -2.35. The summed E-state index contributed by atoms with van der Waals surface area (Å²) in [4.78, 5) is 0. The molecule has 1 aliphatic rings. The van der Waals surface area contributed by atoms with Crippen LogP contribution in [0.25, 0.3) is 0 Å². The van der Waals surface area contributed by atoms with Crippen LogP contribution in [0.3, 0.4) is 0 Å². The zero-order valence-electron chi connectivity index (χ0n) is 11.0. The minimum absolute atomic E-state index is 0.0792. The maximum absolute atomic E-state index is 13.6. The van der Waals surface area contributed by atoms with Crippen molar-refractivity contribution in [1.29, 1.82) is 0 Å². The molecular formula is C16H12BrF3O. The molecule has 21 heavy (non-hydrogen) atoms. The van der Waals surface area contributed by atoms with E-state index in [2.05, 4.69) is 15.9 Å². The summed E-state index contributed by atoms with van der Waals surface area (Å²) in [5.74, 6) is -1.98. The van der Waals surface area contributed by atoms with Crippen molar-refractivity contribution in [2.24, 2.45) is 0 Å². The van der Waals surface area contributed by atoms with Gasteiger partial charge in [0.15, 0.2) is 11.6 Å². The summed E-state index contributed by atoms with van der Waals surface area (Å²) in [5.41, 5.74) is 1.04. The largest absolute Gasteiger partial charge is 0.487 e. The molecule has 0 bridgehead atoms. The lowest BCUT2D eigenvalue weighted by Crippen LogP contribution is -2.32. The van der Waals surface area contributed by atoms with Crippen molar-refractivity contribution >= 4 is 15.9 Å². The van der Waals surface area contributed by atoms with Gasteiger partial charge in [0, 0.05) is 4.47 Å². The van der Waals surface area contributed by atoms with Crippen molar-refractivity contribution < 1.29 is 17.9 Å². The van der Waals surface area contributed by atoms with Gasteiger partial charge in [0.2, 0.25) is 5.82 Å². The molecule has 5 heteroatoms. The van der Waals surface area contributed by atoms with Gasteiger partial charge in [-0.05, 0) is 48.6 Å². The van der Waals surface area contributed by atoms with Gasteiger partial charge in [-0.3, -0.25) is 0 Å². The monoisotopic (exact) mass is 356 g/mol. The first-order chi connectivity index (χ1) is 10.0. The molecule has 0 heterocycles. The molecule has 2 aromatic rings. The lowest BCUT2D eigenvalue weighted by molar-refractivity contribution is 0.0930. The Morgan fingerprint density at radius 2 is 1.67 bits per heavy atom. The van der Waals surface area contributed by atoms with Gasteiger partial charge in [0.05, 0.1) is 0 Å². The molecular weight excluding hydrogens is 345 g/mol.